The van der Waals surface area contributed by atoms with E-state index in [9.17, 15) is 4.79 Å². The molecule has 5 heteroatoms. The van der Waals surface area contributed by atoms with Crippen LogP contribution in [0.2, 0.25) is 0 Å². The number of carbonyl (C=O) groups is 1. The van der Waals surface area contributed by atoms with Crippen LogP contribution in [0.25, 0.3) is 6.08 Å². The minimum atomic E-state index is -0.474. The van der Waals surface area contributed by atoms with Crippen LogP contribution in [0.5, 0.6) is 5.75 Å². The van der Waals surface area contributed by atoms with Crippen molar-refractivity contribution in [3.8, 4) is 18.1 Å². The van der Waals surface area contributed by atoms with Gasteiger partial charge < -0.3 is 9.57 Å². The molecule has 0 bridgehead atoms. The van der Waals surface area contributed by atoms with E-state index in [1.165, 1.54) is 0 Å². The Morgan fingerprint density at radius 1 is 1.25 bits per heavy atom. The van der Waals surface area contributed by atoms with Crippen molar-refractivity contribution < 1.29 is 14.4 Å². The maximum atomic E-state index is 12.0. The molecule has 0 aromatic heterocycles. The van der Waals surface area contributed by atoms with E-state index < -0.39 is 5.97 Å². The Kier molecular flexibility index (Phi) is 4.78. The summed E-state index contributed by atoms with van der Waals surface area (Å²) in [6.45, 7) is 0.191. The Morgan fingerprint density at radius 3 is 2.75 bits per heavy atom. The van der Waals surface area contributed by atoms with Gasteiger partial charge in [0, 0.05) is 5.56 Å². The summed E-state index contributed by atoms with van der Waals surface area (Å²) in [5.41, 5.74) is 2.56. The number of rotatable bonds is 4. The molecule has 0 atom stereocenters. The fraction of sp³-hybridized carbons (Fsp3) is 0.0526. The third-order valence-corrected chi connectivity index (χ3v) is 3.94. The van der Waals surface area contributed by atoms with Crippen molar-refractivity contribution in [1.29, 1.82) is 0 Å². The second kappa shape index (κ2) is 7.16. The SMILES string of the molecule is C#CCOc1ccc(/C=C2\C(=O)ON=C2c2ccccc2)cc1Br. The zero-order chi connectivity index (χ0) is 16.9. The highest BCUT2D eigenvalue weighted by molar-refractivity contribution is 9.10. The molecule has 0 aliphatic carbocycles. The summed E-state index contributed by atoms with van der Waals surface area (Å²) in [7, 11) is 0. The summed E-state index contributed by atoms with van der Waals surface area (Å²) in [6.07, 6.45) is 6.92. The lowest BCUT2D eigenvalue weighted by atomic mass is 10.0. The van der Waals surface area contributed by atoms with Crippen molar-refractivity contribution >= 4 is 33.7 Å². The monoisotopic (exact) mass is 381 g/mol. The summed E-state index contributed by atoms with van der Waals surface area (Å²) < 4.78 is 6.15. The highest BCUT2D eigenvalue weighted by Gasteiger charge is 2.26. The van der Waals surface area contributed by atoms with Gasteiger partial charge in [0.05, 0.1) is 10.0 Å². The molecule has 1 aliphatic heterocycles. The summed E-state index contributed by atoms with van der Waals surface area (Å²) in [4.78, 5) is 16.8. The van der Waals surface area contributed by atoms with Gasteiger partial charge in [-0.25, -0.2) is 4.79 Å². The zero-order valence-electron chi connectivity index (χ0n) is 12.5. The minimum absolute atomic E-state index is 0.191. The van der Waals surface area contributed by atoms with Crippen LogP contribution in [-0.2, 0) is 9.63 Å². The van der Waals surface area contributed by atoms with Crippen LogP contribution in [0.4, 0.5) is 0 Å². The largest absolute Gasteiger partial charge is 0.480 e. The van der Waals surface area contributed by atoms with E-state index in [1.807, 2.05) is 42.5 Å². The van der Waals surface area contributed by atoms with Gasteiger partial charge >= 0.3 is 5.97 Å². The molecule has 2 aromatic rings. The fourth-order valence-electron chi connectivity index (χ4n) is 2.22. The Morgan fingerprint density at radius 2 is 2.04 bits per heavy atom. The lowest BCUT2D eigenvalue weighted by molar-refractivity contribution is -0.136. The van der Waals surface area contributed by atoms with E-state index >= 15 is 0 Å². The Bertz CT molecular complexity index is 879. The molecular formula is C19H12BrNO3. The predicted molar refractivity (Wildman–Crippen MR) is 95.5 cm³/mol. The van der Waals surface area contributed by atoms with Crippen LogP contribution < -0.4 is 4.74 Å². The molecule has 24 heavy (non-hydrogen) atoms. The van der Waals surface area contributed by atoms with Crippen molar-refractivity contribution in [2.75, 3.05) is 6.61 Å². The average molecular weight is 382 g/mol. The molecule has 1 heterocycles. The van der Waals surface area contributed by atoms with E-state index in [-0.39, 0.29) is 6.61 Å². The predicted octanol–water partition coefficient (Wildman–Crippen LogP) is 3.81. The van der Waals surface area contributed by atoms with Gasteiger partial charge in [0.25, 0.3) is 0 Å². The highest BCUT2D eigenvalue weighted by atomic mass is 79.9. The summed E-state index contributed by atoms with van der Waals surface area (Å²) >= 11 is 3.43. The Hall–Kier alpha value is -2.84. The van der Waals surface area contributed by atoms with E-state index in [0.29, 0.717) is 17.0 Å². The average Bonchev–Trinajstić information content (AvgIpc) is 2.96. The molecule has 1 aliphatic rings. The molecule has 0 N–H and O–H groups in total. The number of hydrogen-bond donors (Lipinski definition) is 0. The van der Waals surface area contributed by atoms with E-state index in [1.54, 1.807) is 12.1 Å². The lowest BCUT2D eigenvalue weighted by Crippen LogP contribution is -2.06. The van der Waals surface area contributed by atoms with Gasteiger partial charge in [0.2, 0.25) is 0 Å². The smallest absolute Gasteiger partial charge is 0.368 e. The van der Waals surface area contributed by atoms with Crippen molar-refractivity contribution in [3.05, 3.63) is 69.7 Å². The van der Waals surface area contributed by atoms with Gasteiger partial charge in [0.1, 0.15) is 18.1 Å². The van der Waals surface area contributed by atoms with Crippen molar-refractivity contribution in [3.63, 3.8) is 0 Å². The molecule has 0 saturated heterocycles. The first-order valence-corrected chi connectivity index (χ1v) is 7.91. The van der Waals surface area contributed by atoms with Gasteiger partial charge in [-0.15, -0.1) is 6.42 Å². The van der Waals surface area contributed by atoms with E-state index in [4.69, 9.17) is 16.0 Å². The fourth-order valence-corrected chi connectivity index (χ4v) is 2.73. The number of nitrogens with zero attached hydrogens (tertiary/aromatic N) is 1. The molecule has 0 saturated carbocycles. The first-order valence-electron chi connectivity index (χ1n) is 7.11. The number of oxime groups is 1. The third kappa shape index (κ3) is 3.39. The maximum Gasteiger partial charge on any atom is 0.368 e. The molecule has 0 radical (unpaired) electrons. The molecule has 2 aromatic carbocycles. The second-order valence-electron chi connectivity index (χ2n) is 4.93. The Labute approximate surface area is 147 Å². The topological polar surface area (TPSA) is 47.9 Å². The van der Waals surface area contributed by atoms with Crippen LogP contribution in [0.1, 0.15) is 11.1 Å². The van der Waals surface area contributed by atoms with Crippen LogP contribution in [0.15, 0.2) is 63.7 Å². The Balaban J connectivity index is 1.92. The molecule has 0 unspecified atom stereocenters. The van der Waals surface area contributed by atoms with Gasteiger partial charge in [-0.2, -0.15) is 0 Å². The van der Waals surface area contributed by atoms with Gasteiger partial charge in [-0.05, 0) is 39.7 Å². The van der Waals surface area contributed by atoms with Crippen LogP contribution in [-0.4, -0.2) is 18.3 Å². The number of terminal acetylenes is 1. The van der Waals surface area contributed by atoms with E-state index in [2.05, 4.69) is 27.0 Å². The summed E-state index contributed by atoms with van der Waals surface area (Å²) in [6, 6.07) is 14.9. The molecular weight excluding hydrogens is 370 g/mol. The molecule has 4 nitrogen and oxygen atoms in total. The maximum absolute atomic E-state index is 12.0. The second-order valence-corrected chi connectivity index (χ2v) is 5.78. The standard InChI is InChI=1S/C19H12BrNO3/c1-2-10-23-17-9-8-13(12-16(17)20)11-15-18(21-24-19(15)22)14-6-4-3-5-7-14/h1,3-9,11-12H,10H2/b15-11-. The van der Waals surface area contributed by atoms with Gasteiger partial charge in [0.15, 0.2) is 0 Å². The van der Waals surface area contributed by atoms with Gasteiger partial charge in [-0.3, -0.25) is 0 Å². The highest BCUT2D eigenvalue weighted by Crippen LogP contribution is 2.28. The van der Waals surface area contributed by atoms with Crippen LogP contribution in [0, 0.1) is 12.3 Å². The normalized spacial score (nSPS) is 14.9. The molecule has 118 valence electrons. The molecule has 0 spiro atoms. The summed E-state index contributed by atoms with van der Waals surface area (Å²) in [5.74, 6) is 2.58. The number of halogens is 1. The summed E-state index contributed by atoms with van der Waals surface area (Å²) in [5, 5.41) is 3.89. The van der Waals surface area contributed by atoms with E-state index in [0.717, 1.165) is 15.6 Å². The van der Waals surface area contributed by atoms with Crippen LogP contribution >= 0.6 is 15.9 Å². The number of ether oxygens (including phenoxy) is 1. The number of benzene rings is 2. The van der Waals surface area contributed by atoms with Crippen molar-refractivity contribution in [2.24, 2.45) is 5.16 Å². The molecule has 0 fully saturated rings. The molecule has 0 amide bonds. The minimum Gasteiger partial charge on any atom is -0.480 e. The number of hydrogen-bond acceptors (Lipinski definition) is 4. The lowest BCUT2D eigenvalue weighted by Gasteiger charge is -2.06. The zero-order valence-corrected chi connectivity index (χ0v) is 14.1. The first kappa shape index (κ1) is 16.0. The first-order chi connectivity index (χ1) is 11.7. The third-order valence-electron chi connectivity index (χ3n) is 3.32. The van der Waals surface area contributed by atoms with Crippen molar-refractivity contribution in [2.45, 2.75) is 0 Å². The number of carbonyl (C=O) groups excluding carboxylic acids is 1. The van der Waals surface area contributed by atoms with Crippen molar-refractivity contribution in [1.82, 2.24) is 0 Å². The quantitative estimate of drug-likeness (QED) is 0.459. The van der Waals surface area contributed by atoms with Crippen LogP contribution in [0.3, 0.4) is 0 Å². The van der Waals surface area contributed by atoms with Gasteiger partial charge in [-0.1, -0.05) is 47.5 Å². The molecule has 3 rings (SSSR count).